The summed E-state index contributed by atoms with van der Waals surface area (Å²) in [5.74, 6) is 0. The zero-order valence-corrected chi connectivity index (χ0v) is 35.6. The molecule has 0 amide bonds. The summed E-state index contributed by atoms with van der Waals surface area (Å²) in [4.78, 5) is 2.06. The van der Waals surface area contributed by atoms with E-state index in [9.17, 15) is 15.3 Å². The Morgan fingerprint density at radius 3 is 0.712 bits per heavy atom. The van der Waals surface area contributed by atoms with Crippen LogP contribution in [0.15, 0.2) is 0 Å². The van der Waals surface area contributed by atoms with Crippen molar-refractivity contribution in [2.45, 2.75) is 232 Å². The molecule has 0 aliphatic heterocycles. The second kappa shape index (κ2) is 43.4. The Bertz CT molecular complexity index is 572. The van der Waals surface area contributed by atoms with Crippen molar-refractivity contribution in [3.8, 4) is 0 Å². The molecule has 52 heavy (non-hydrogen) atoms. The van der Waals surface area contributed by atoms with Gasteiger partial charge in [-0.05, 0) is 38.9 Å². The van der Waals surface area contributed by atoms with E-state index < -0.39 is 18.3 Å². The van der Waals surface area contributed by atoms with E-state index in [-0.39, 0.29) is 0 Å². The third kappa shape index (κ3) is 40.9. The molecule has 0 aromatic carbocycles. The van der Waals surface area contributed by atoms with Crippen LogP contribution >= 0.6 is 0 Å². The van der Waals surface area contributed by atoms with Gasteiger partial charge in [-0.25, -0.2) is 0 Å². The third-order valence-corrected chi connectivity index (χ3v) is 10.7. The van der Waals surface area contributed by atoms with Gasteiger partial charge >= 0.3 is 0 Å². The first-order valence-corrected chi connectivity index (χ1v) is 23.4. The molecule has 0 radical (unpaired) electrons. The quantitative estimate of drug-likeness (QED) is 0.0346. The average Bonchev–Trinajstić information content (AvgIpc) is 3.13. The lowest BCUT2D eigenvalue weighted by Crippen LogP contribution is -2.48. The van der Waals surface area contributed by atoms with Crippen LogP contribution in [0.1, 0.15) is 213 Å². The van der Waals surface area contributed by atoms with Crippen LogP contribution in [0.25, 0.3) is 0 Å². The molecule has 0 aliphatic rings. The number of hydrogen-bond donors (Lipinski definition) is 6. The fraction of sp³-hybridized carbons (Fsp3) is 1.00. The van der Waals surface area contributed by atoms with Crippen LogP contribution in [0.3, 0.4) is 0 Å². The molecule has 0 bridgehead atoms. The van der Waals surface area contributed by atoms with Gasteiger partial charge in [0.1, 0.15) is 0 Å². The molecule has 0 rings (SSSR count). The lowest BCUT2D eigenvalue weighted by molar-refractivity contribution is 0.0385. The first-order chi connectivity index (χ1) is 25.5. The van der Waals surface area contributed by atoms with E-state index in [1.807, 2.05) is 0 Å². The molecular weight excluding hydrogens is 645 g/mol. The van der Waals surface area contributed by atoms with Crippen molar-refractivity contribution in [3.05, 3.63) is 0 Å². The molecule has 314 valence electrons. The number of unbranched alkanes of at least 4 members (excludes halogenated alkanes) is 27. The summed E-state index contributed by atoms with van der Waals surface area (Å²) in [6.45, 7) is 12.6. The molecule has 0 aliphatic carbocycles. The Labute approximate surface area is 326 Å². The maximum absolute atomic E-state index is 10.9. The lowest BCUT2D eigenvalue weighted by atomic mass is 10.1. The molecule has 0 spiro atoms. The predicted molar refractivity (Wildman–Crippen MR) is 229 cm³/mol. The Morgan fingerprint density at radius 1 is 0.308 bits per heavy atom. The van der Waals surface area contributed by atoms with Gasteiger partial charge in [0.05, 0.1) is 18.3 Å². The molecule has 0 saturated carbocycles. The summed E-state index contributed by atoms with van der Waals surface area (Å²) in [5, 5.41) is 43.0. The second-order valence-electron chi connectivity index (χ2n) is 16.3. The molecule has 3 unspecified atom stereocenters. The summed E-state index contributed by atoms with van der Waals surface area (Å²) in [5.41, 5.74) is 0. The number of aliphatic hydroxyl groups excluding tert-OH is 3. The molecule has 0 fully saturated rings. The average molecular weight is 741 g/mol. The second-order valence-corrected chi connectivity index (χ2v) is 16.3. The Kier molecular flexibility index (Phi) is 43.2. The van der Waals surface area contributed by atoms with Crippen LogP contribution in [-0.4, -0.2) is 97.4 Å². The highest BCUT2D eigenvalue weighted by Crippen LogP contribution is 2.12. The van der Waals surface area contributed by atoms with E-state index >= 15 is 0 Å². The molecule has 6 N–H and O–H groups in total. The molecule has 3 atom stereocenters. The van der Waals surface area contributed by atoms with Gasteiger partial charge in [-0.3, -0.25) is 4.90 Å². The smallest absolute Gasteiger partial charge is 0.0791 e. The molecule has 7 heteroatoms. The largest absolute Gasteiger partial charge is 0.390 e. The summed E-state index contributed by atoms with van der Waals surface area (Å²) in [6.07, 6.45) is 38.3. The predicted octanol–water partition coefficient (Wildman–Crippen LogP) is 9.90. The molecule has 0 aromatic rings. The van der Waals surface area contributed by atoms with Crippen molar-refractivity contribution in [2.24, 2.45) is 0 Å². The highest BCUT2D eigenvalue weighted by atomic mass is 16.3. The van der Waals surface area contributed by atoms with Crippen molar-refractivity contribution in [1.29, 1.82) is 0 Å². The van der Waals surface area contributed by atoms with Crippen LogP contribution in [0.2, 0.25) is 0 Å². The van der Waals surface area contributed by atoms with Crippen molar-refractivity contribution < 1.29 is 15.3 Å². The van der Waals surface area contributed by atoms with Gasteiger partial charge in [0.2, 0.25) is 0 Å². The monoisotopic (exact) mass is 741 g/mol. The maximum Gasteiger partial charge on any atom is 0.0791 e. The van der Waals surface area contributed by atoms with Gasteiger partial charge in [0.25, 0.3) is 0 Å². The van der Waals surface area contributed by atoms with Crippen molar-refractivity contribution in [3.63, 3.8) is 0 Å². The normalized spacial score (nSPS) is 13.7. The topological polar surface area (TPSA) is 100 Å². The molecular formula is C45H96N4O3. The zero-order valence-electron chi connectivity index (χ0n) is 35.6. The summed E-state index contributed by atoms with van der Waals surface area (Å²) in [6, 6.07) is 0. The van der Waals surface area contributed by atoms with Crippen molar-refractivity contribution >= 4 is 0 Å². The number of nitrogens with zero attached hydrogens (tertiary/aromatic N) is 1. The maximum atomic E-state index is 10.9. The number of nitrogens with one attached hydrogen (secondary N) is 3. The van der Waals surface area contributed by atoms with Crippen LogP contribution in [-0.2, 0) is 0 Å². The third-order valence-electron chi connectivity index (χ3n) is 10.7. The Morgan fingerprint density at radius 2 is 0.500 bits per heavy atom. The molecule has 0 saturated heterocycles. The van der Waals surface area contributed by atoms with Gasteiger partial charge in [-0.2, -0.15) is 0 Å². The first kappa shape index (κ1) is 51.7. The van der Waals surface area contributed by atoms with E-state index in [1.54, 1.807) is 0 Å². The highest BCUT2D eigenvalue weighted by molar-refractivity contribution is 4.75. The van der Waals surface area contributed by atoms with Crippen LogP contribution in [0.4, 0.5) is 0 Å². The van der Waals surface area contributed by atoms with Gasteiger partial charge in [-0.1, -0.05) is 194 Å². The standard InChI is InChI=1S/C45H96N4O3/c1-4-7-10-13-16-19-22-25-28-31-34-46-37-43(50)40-49(41-44(51)38-47-35-32-29-26-23-20-17-14-11-8-5-2)42-45(52)39-48-36-33-30-27-24-21-18-15-12-9-6-3/h43-48,50-52H,4-42H2,1-3H3. The van der Waals surface area contributed by atoms with E-state index in [0.717, 1.165) is 38.9 Å². The van der Waals surface area contributed by atoms with Gasteiger partial charge < -0.3 is 31.3 Å². The summed E-state index contributed by atoms with van der Waals surface area (Å²) >= 11 is 0. The number of aliphatic hydroxyl groups is 3. The van der Waals surface area contributed by atoms with Gasteiger partial charge in [-0.15, -0.1) is 0 Å². The molecule has 7 nitrogen and oxygen atoms in total. The Hall–Kier alpha value is -0.280. The highest BCUT2D eigenvalue weighted by Gasteiger charge is 2.19. The number of rotatable bonds is 45. The van der Waals surface area contributed by atoms with E-state index in [4.69, 9.17) is 0 Å². The SMILES string of the molecule is CCCCCCCCCCCCNCC(O)CN(CC(O)CNCCCCCCCCCCCC)CC(O)CNCCCCCCCCCCCC. The minimum Gasteiger partial charge on any atom is -0.390 e. The van der Waals surface area contributed by atoms with E-state index in [1.165, 1.54) is 173 Å². The van der Waals surface area contributed by atoms with Crippen LogP contribution in [0.5, 0.6) is 0 Å². The van der Waals surface area contributed by atoms with E-state index in [2.05, 4.69) is 41.6 Å². The van der Waals surface area contributed by atoms with Crippen molar-refractivity contribution in [2.75, 3.05) is 58.9 Å². The Balaban J connectivity index is 4.32. The summed E-state index contributed by atoms with van der Waals surface area (Å²) in [7, 11) is 0. The molecule has 0 heterocycles. The van der Waals surface area contributed by atoms with E-state index in [0.29, 0.717) is 39.3 Å². The first-order valence-electron chi connectivity index (χ1n) is 23.4. The van der Waals surface area contributed by atoms with Crippen molar-refractivity contribution in [1.82, 2.24) is 20.9 Å². The molecule has 0 aromatic heterocycles. The van der Waals surface area contributed by atoms with Gasteiger partial charge in [0.15, 0.2) is 0 Å². The van der Waals surface area contributed by atoms with Gasteiger partial charge in [0, 0.05) is 39.3 Å². The minimum absolute atomic E-state index is 0.454. The summed E-state index contributed by atoms with van der Waals surface area (Å²) < 4.78 is 0. The lowest BCUT2D eigenvalue weighted by Gasteiger charge is -2.29. The fourth-order valence-electron chi connectivity index (χ4n) is 7.33. The zero-order chi connectivity index (χ0) is 38.0. The van der Waals surface area contributed by atoms with Crippen LogP contribution < -0.4 is 16.0 Å². The fourth-order valence-corrected chi connectivity index (χ4v) is 7.33. The minimum atomic E-state index is -0.526. The number of hydrogen-bond acceptors (Lipinski definition) is 7. The van der Waals surface area contributed by atoms with Crippen LogP contribution in [0, 0.1) is 0 Å².